The Morgan fingerprint density at radius 3 is 2.44 bits per heavy atom. The Morgan fingerprint density at radius 2 is 1.65 bits per heavy atom. The van der Waals surface area contributed by atoms with E-state index < -0.39 is 0 Å². The summed E-state index contributed by atoms with van der Waals surface area (Å²) < 4.78 is 1.65. The third kappa shape index (κ3) is 3.08. The number of carbonyl (C=O) groups is 1. The number of aromatic amines is 1. The van der Waals surface area contributed by atoms with Crippen molar-refractivity contribution in [3.05, 3.63) is 108 Å². The smallest absolute Gasteiger partial charge is 0.226 e. The first-order valence-corrected chi connectivity index (χ1v) is 11.0. The molecule has 0 atom stereocenters. The Bertz CT molecular complexity index is 1740. The number of carbonyl (C=O) groups excluding carboxylic acids is 1. The van der Waals surface area contributed by atoms with Crippen LogP contribution in [-0.2, 0) is 0 Å². The lowest BCUT2D eigenvalue weighted by atomic mass is 10.0. The van der Waals surface area contributed by atoms with E-state index in [2.05, 4.69) is 15.2 Å². The summed E-state index contributed by atoms with van der Waals surface area (Å²) in [5.41, 5.74) is 4.69. The first-order valence-electron chi connectivity index (χ1n) is 11.0. The second-order valence-electron chi connectivity index (χ2n) is 8.27. The van der Waals surface area contributed by atoms with Crippen LogP contribution in [0.25, 0.3) is 27.5 Å². The predicted molar refractivity (Wildman–Crippen MR) is 134 cm³/mol. The second kappa shape index (κ2) is 7.71. The molecule has 6 heteroatoms. The molecule has 0 aliphatic rings. The number of aromatic hydroxyl groups is 1. The van der Waals surface area contributed by atoms with Gasteiger partial charge in [-0.05, 0) is 42.1 Å². The van der Waals surface area contributed by atoms with Crippen LogP contribution in [0, 0.1) is 6.92 Å². The molecule has 2 N–H and O–H groups in total. The summed E-state index contributed by atoms with van der Waals surface area (Å²) in [4.78, 5) is 17.1. The second-order valence-corrected chi connectivity index (χ2v) is 8.27. The third-order valence-electron chi connectivity index (χ3n) is 6.03. The summed E-state index contributed by atoms with van der Waals surface area (Å²) in [5.74, 6) is -0.387. The highest BCUT2D eigenvalue weighted by Gasteiger charge is 2.27. The summed E-state index contributed by atoms with van der Waals surface area (Å²) in [6.07, 6.45) is 0. The van der Waals surface area contributed by atoms with Gasteiger partial charge in [0, 0.05) is 16.5 Å². The van der Waals surface area contributed by atoms with Crippen LogP contribution in [0.1, 0.15) is 21.5 Å². The van der Waals surface area contributed by atoms with Crippen molar-refractivity contribution in [2.75, 3.05) is 0 Å². The molecule has 0 amide bonds. The van der Waals surface area contributed by atoms with Crippen molar-refractivity contribution in [1.82, 2.24) is 9.38 Å². The highest BCUT2D eigenvalue weighted by molar-refractivity contribution is 6.18. The molecule has 0 aliphatic heterocycles. The molecule has 0 saturated carbocycles. The van der Waals surface area contributed by atoms with E-state index in [9.17, 15) is 9.90 Å². The molecular weight excluding hydrogens is 424 g/mol. The van der Waals surface area contributed by atoms with Crippen LogP contribution in [0.15, 0.2) is 101 Å². The lowest BCUT2D eigenvalue weighted by Crippen LogP contribution is -2.03. The number of rotatable bonds is 4. The molecule has 0 fully saturated rings. The number of nitrogens with zero attached hydrogens (tertiary/aromatic N) is 3. The van der Waals surface area contributed by atoms with E-state index in [-0.39, 0.29) is 22.9 Å². The molecule has 2 heterocycles. The number of H-pyrrole nitrogens is 1. The highest BCUT2D eigenvalue weighted by atomic mass is 16.3. The fraction of sp³-hybridized carbons (Fsp3) is 0.0357. The van der Waals surface area contributed by atoms with Crippen LogP contribution in [0.3, 0.4) is 0 Å². The number of hydrogen-bond acceptors (Lipinski definition) is 4. The molecular formula is C28H20N4O2. The zero-order chi connectivity index (χ0) is 23.2. The molecule has 0 spiro atoms. The molecule has 0 bridgehead atoms. The Labute approximate surface area is 194 Å². The van der Waals surface area contributed by atoms with Gasteiger partial charge >= 0.3 is 0 Å². The number of benzene rings is 4. The van der Waals surface area contributed by atoms with Crippen molar-refractivity contribution in [1.29, 1.82) is 0 Å². The Kier molecular flexibility index (Phi) is 4.52. The number of ketones is 1. The van der Waals surface area contributed by atoms with Crippen molar-refractivity contribution in [3.63, 3.8) is 0 Å². The third-order valence-corrected chi connectivity index (χ3v) is 6.03. The summed E-state index contributed by atoms with van der Waals surface area (Å²) in [7, 11) is 0. The minimum absolute atomic E-state index is 0.127. The monoisotopic (exact) mass is 444 g/mol. The van der Waals surface area contributed by atoms with Gasteiger partial charge in [0.05, 0.1) is 16.8 Å². The van der Waals surface area contributed by atoms with Crippen molar-refractivity contribution < 1.29 is 9.90 Å². The summed E-state index contributed by atoms with van der Waals surface area (Å²) in [6.45, 7) is 1.97. The first-order chi connectivity index (χ1) is 16.6. The van der Waals surface area contributed by atoms with Gasteiger partial charge in [-0.1, -0.05) is 66.7 Å². The van der Waals surface area contributed by atoms with Crippen molar-refractivity contribution >= 4 is 44.6 Å². The quantitative estimate of drug-likeness (QED) is 0.222. The van der Waals surface area contributed by atoms with Crippen molar-refractivity contribution in [2.45, 2.75) is 6.92 Å². The fourth-order valence-corrected chi connectivity index (χ4v) is 4.48. The Morgan fingerprint density at radius 1 is 0.882 bits per heavy atom. The van der Waals surface area contributed by atoms with E-state index >= 15 is 0 Å². The van der Waals surface area contributed by atoms with E-state index in [0.29, 0.717) is 16.9 Å². The molecule has 6 rings (SSSR count). The fourth-order valence-electron chi connectivity index (χ4n) is 4.48. The maximum atomic E-state index is 13.7. The Balaban J connectivity index is 1.69. The molecule has 6 nitrogen and oxygen atoms in total. The zero-order valence-corrected chi connectivity index (χ0v) is 18.4. The largest absolute Gasteiger partial charge is 0.493 e. The van der Waals surface area contributed by atoms with E-state index in [0.717, 1.165) is 27.4 Å². The summed E-state index contributed by atoms with van der Waals surface area (Å²) in [6, 6.07) is 28.4. The SMILES string of the molecule is Cc1cccc(N=Nc2c(C(=O)c3ccccc3)c3[nH]c4cccc5cccc(c54)n3c2O)c1. The van der Waals surface area contributed by atoms with Gasteiger partial charge in [-0.25, -0.2) is 0 Å². The summed E-state index contributed by atoms with van der Waals surface area (Å²) >= 11 is 0. The zero-order valence-electron chi connectivity index (χ0n) is 18.4. The van der Waals surface area contributed by atoms with Gasteiger partial charge in [-0.2, -0.15) is 5.11 Å². The first kappa shape index (κ1) is 19.9. The molecule has 0 radical (unpaired) electrons. The normalized spacial score (nSPS) is 11.8. The summed E-state index contributed by atoms with van der Waals surface area (Å²) in [5, 5.41) is 22.1. The number of azo groups is 1. The van der Waals surface area contributed by atoms with Crippen molar-refractivity contribution in [2.24, 2.45) is 10.2 Å². The van der Waals surface area contributed by atoms with Gasteiger partial charge in [0.1, 0.15) is 5.65 Å². The number of aromatic nitrogens is 2. The molecule has 4 aromatic carbocycles. The van der Waals surface area contributed by atoms with Crippen LogP contribution < -0.4 is 0 Å². The predicted octanol–water partition coefficient (Wildman–Crippen LogP) is 7.23. The lowest BCUT2D eigenvalue weighted by molar-refractivity contribution is 0.104. The number of aryl methyl sites for hydroxylation is 1. The molecule has 6 aromatic rings. The van der Waals surface area contributed by atoms with Gasteiger partial charge < -0.3 is 10.1 Å². The van der Waals surface area contributed by atoms with Gasteiger partial charge in [0.2, 0.25) is 5.88 Å². The minimum atomic E-state index is -0.248. The molecule has 0 saturated heterocycles. The average molecular weight is 444 g/mol. The minimum Gasteiger partial charge on any atom is -0.493 e. The van der Waals surface area contributed by atoms with E-state index in [1.54, 1.807) is 16.5 Å². The highest BCUT2D eigenvalue weighted by Crippen LogP contribution is 2.41. The lowest BCUT2D eigenvalue weighted by Gasteiger charge is -2.10. The maximum absolute atomic E-state index is 13.7. The van der Waals surface area contributed by atoms with E-state index in [1.165, 1.54) is 0 Å². The molecule has 0 unspecified atom stereocenters. The van der Waals surface area contributed by atoms with E-state index in [4.69, 9.17) is 0 Å². The van der Waals surface area contributed by atoms with Gasteiger partial charge in [-0.15, -0.1) is 5.11 Å². The maximum Gasteiger partial charge on any atom is 0.226 e. The van der Waals surface area contributed by atoms with Crippen LogP contribution in [0.4, 0.5) is 11.4 Å². The molecule has 164 valence electrons. The van der Waals surface area contributed by atoms with Crippen molar-refractivity contribution in [3.8, 4) is 5.88 Å². The van der Waals surface area contributed by atoms with Crippen LogP contribution >= 0.6 is 0 Å². The van der Waals surface area contributed by atoms with Crippen LogP contribution in [0.2, 0.25) is 0 Å². The molecule has 34 heavy (non-hydrogen) atoms. The van der Waals surface area contributed by atoms with Gasteiger partial charge in [0.25, 0.3) is 0 Å². The van der Waals surface area contributed by atoms with Gasteiger partial charge in [-0.3, -0.25) is 9.20 Å². The standard InChI is InChI=1S/C28H20N4O2/c1-17-8-5-13-20(16-17)30-31-25-24(26(33)19-9-3-2-4-10-19)27-29-21-14-6-11-18-12-7-15-22(23(18)21)32(27)28(25)34/h2-16,29,34H,1H3. The molecule has 2 aromatic heterocycles. The van der Waals surface area contributed by atoms with Gasteiger partial charge in [0.15, 0.2) is 11.5 Å². The van der Waals surface area contributed by atoms with Crippen LogP contribution in [0.5, 0.6) is 5.88 Å². The van der Waals surface area contributed by atoms with E-state index in [1.807, 2.05) is 85.8 Å². The number of hydrogen-bond donors (Lipinski definition) is 2. The molecule has 0 aliphatic carbocycles. The topological polar surface area (TPSA) is 82.2 Å². The Hall–Kier alpha value is -4.71. The number of nitrogens with one attached hydrogen (secondary N) is 1. The average Bonchev–Trinajstić information content (AvgIpc) is 3.14. The van der Waals surface area contributed by atoms with Crippen LogP contribution in [-0.4, -0.2) is 20.3 Å². The number of fused-ring (bicyclic) bond motifs is 2.